The van der Waals surface area contributed by atoms with E-state index in [9.17, 15) is 13.2 Å². The first kappa shape index (κ1) is 20.6. The largest absolute Gasteiger partial charge is 0.486 e. The first-order valence-corrected chi connectivity index (χ1v) is 10.9. The Labute approximate surface area is 173 Å². The molecule has 1 aliphatic heterocycles. The average molecular weight is 445 g/mol. The second-order valence-electron chi connectivity index (χ2n) is 6.20. The van der Waals surface area contributed by atoms with Gasteiger partial charge in [0.15, 0.2) is 11.5 Å². The van der Waals surface area contributed by atoms with E-state index in [0.29, 0.717) is 11.5 Å². The van der Waals surface area contributed by atoms with E-state index in [4.69, 9.17) is 32.7 Å². The van der Waals surface area contributed by atoms with Gasteiger partial charge >= 0.3 is 0 Å². The van der Waals surface area contributed by atoms with Crippen molar-refractivity contribution < 1.29 is 22.7 Å². The minimum atomic E-state index is -3.73. The van der Waals surface area contributed by atoms with Crippen LogP contribution >= 0.6 is 23.2 Å². The molecule has 3 rings (SSSR count). The molecule has 0 saturated carbocycles. The van der Waals surface area contributed by atoms with E-state index in [1.54, 1.807) is 12.1 Å². The number of rotatable bonds is 6. The van der Waals surface area contributed by atoms with Crippen LogP contribution in [0.4, 0.5) is 5.69 Å². The van der Waals surface area contributed by atoms with Gasteiger partial charge in [-0.1, -0.05) is 35.3 Å². The second kappa shape index (κ2) is 8.46. The van der Waals surface area contributed by atoms with E-state index < -0.39 is 22.5 Å². The molecule has 0 bridgehead atoms. The van der Waals surface area contributed by atoms with Crippen molar-refractivity contribution in [1.29, 1.82) is 0 Å². The van der Waals surface area contributed by atoms with Crippen LogP contribution in [-0.4, -0.2) is 46.4 Å². The molecule has 0 saturated heterocycles. The highest BCUT2D eigenvalue weighted by Gasteiger charge is 2.24. The number of carbonyl (C=O) groups is 1. The molecule has 7 nitrogen and oxygen atoms in total. The molecule has 1 unspecified atom stereocenters. The molecule has 1 amide bonds. The number of benzene rings is 2. The lowest BCUT2D eigenvalue weighted by atomic mass is 10.2. The number of hydrogen-bond acceptors (Lipinski definition) is 5. The fourth-order valence-corrected chi connectivity index (χ4v) is 4.02. The Morgan fingerprint density at radius 1 is 1.18 bits per heavy atom. The molecule has 150 valence electrons. The minimum absolute atomic E-state index is 0.168. The summed E-state index contributed by atoms with van der Waals surface area (Å²) in [6, 6.07) is 11.6. The molecule has 0 spiro atoms. The summed E-state index contributed by atoms with van der Waals surface area (Å²) in [4.78, 5) is 12.4. The summed E-state index contributed by atoms with van der Waals surface area (Å²) < 4.78 is 36.6. The minimum Gasteiger partial charge on any atom is -0.486 e. The van der Waals surface area contributed by atoms with Gasteiger partial charge in [0.25, 0.3) is 0 Å². The monoisotopic (exact) mass is 444 g/mol. The van der Waals surface area contributed by atoms with Crippen LogP contribution in [-0.2, 0) is 14.8 Å². The first-order valence-electron chi connectivity index (χ1n) is 8.31. The maximum Gasteiger partial charge on any atom is 0.240 e. The number of hydrogen-bond donors (Lipinski definition) is 1. The summed E-state index contributed by atoms with van der Waals surface area (Å²) in [5, 5.41) is 3.20. The Balaban J connectivity index is 1.63. The van der Waals surface area contributed by atoms with Gasteiger partial charge in [-0.05, 0) is 30.3 Å². The summed E-state index contributed by atoms with van der Waals surface area (Å²) in [5.41, 5.74) is 0.210. The van der Waals surface area contributed by atoms with E-state index in [1.165, 1.54) is 18.2 Å². The van der Waals surface area contributed by atoms with Gasteiger partial charge in [-0.2, -0.15) is 0 Å². The zero-order chi connectivity index (χ0) is 20.3. The molecule has 1 heterocycles. The van der Waals surface area contributed by atoms with E-state index in [0.717, 1.165) is 10.6 Å². The predicted molar refractivity (Wildman–Crippen MR) is 108 cm³/mol. The maximum absolute atomic E-state index is 12.4. The van der Waals surface area contributed by atoms with E-state index >= 15 is 0 Å². The van der Waals surface area contributed by atoms with Crippen molar-refractivity contribution in [3.63, 3.8) is 0 Å². The van der Waals surface area contributed by atoms with Crippen molar-refractivity contribution in [2.45, 2.75) is 6.10 Å². The van der Waals surface area contributed by atoms with Crippen LogP contribution in [0.15, 0.2) is 42.5 Å². The fraction of sp³-hybridized carbons (Fsp3) is 0.278. The van der Waals surface area contributed by atoms with Crippen molar-refractivity contribution in [3.05, 3.63) is 52.5 Å². The number of anilines is 1. The highest BCUT2D eigenvalue weighted by atomic mass is 35.5. The molecule has 1 N–H and O–H groups in total. The van der Waals surface area contributed by atoms with Crippen LogP contribution in [0.25, 0.3) is 0 Å². The molecular formula is C18H18Cl2N2O5S. The standard InChI is InChI=1S/C18H18Cl2N2O5S/c1-28(24,25)22(14-7-12(19)6-13(20)8-14)10-18(23)21-9-15-11-26-16-4-2-3-5-17(16)27-15/h2-8,15H,9-11H2,1H3,(H,21,23). The summed E-state index contributed by atoms with van der Waals surface area (Å²) in [7, 11) is -3.73. The number of nitrogens with zero attached hydrogens (tertiary/aromatic N) is 1. The lowest BCUT2D eigenvalue weighted by Crippen LogP contribution is -2.45. The summed E-state index contributed by atoms with van der Waals surface area (Å²) in [6.07, 6.45) is 0.621. The number of amides is 1. The molecule has 1 aliphatic rings. The Hall–Kier alpha value is -2.16. The van der Waals surface area contributed by atoms with Gasteiger partial charge in [-0.25, -0.2) is 8.42 Å². The maximum atomic E-state index is 12.4. The van der Waals surface area contributed by atoms with Crippen molar-refractivity contribution >= 4 is 44.8 Å². The normalized spacial score (nSPS) is 15.8. The number of carbonyl (C=O) groups excluding carboxylic acids is 1. The fourth-order valence-electron chi connectivity index (χ4n) is 2.66. The third-order valence-electron chi connectivity index (χ3n) is 3.92. The number of ether oxygens (including phenoxy) is 2. The van der Waals surface area contributed by atoms with Crippen LogP contribution in [0.5, 0.6) is 11.5 Å². The summed E-state index contributed by atoms with van der Waals surface area (Å²) in [5.74, 6) is 0.745. The Kier molecular flexibility index (Phi) is 6.22. The average Bonchev–Trinajstić information content (AvgIpc) is 2.62. The van der Waals surface area contributed by atoms with E-state index in [1.807, 2.05) is 12.1 Å². The Bertz CT molecular complexity index is 963. The highest BCUT2D eigenvalue weighted by Crippen LogP contribution is 2.30. The zero-order valence-electron chi connectivity index (χ0n) is 14.9. The highest BCUT2D eigenvalue weighted by molar-refractivity contribution is 7.92. The van der Waals surface area contributed by atoms with Crippen LogP contribution in [0.1, 0.15) is 0 Å². The molecule has 2 aromatic carbocycles. The van der Waals surface area contributed by atoms with Crippen LogP contribution in [0.3, 0.4) is 0 Å². The van der Waals surface area contributed by atoms with Crippen molar-refractivity contribution in [2.75, 3.05) is 30.3 Å². The van der Waals surface area contributed by atoms with Gasteiger partial charge in [-0.15, -0.1) is 0 Å². The van der Waals surface area contributed by atoms with Gasteiger partial charge < -0.3 is 14.8 Å². The van der Waals surface area contributed by atoms with Crippen LogP contribution in [0.2, 0.25) is 10.0 Å². The summed E-state index contributed by atoms with van der Waals surface area (Å²) >= 11 is 11.9. The first-order chi connectivity index (χ1) is 13.2. The van der Waals surface area contributed by atoms with Gasteiger partial charge in [0.1, 0.15) is 19.3 Å². The molecule has 2 aromatic rings. The van der Waals surface area contributed by atoms with Gasteiger partial charge in [0.05, 0.1) is 18.5 Å². The molecule has 1 atom stereocenters. The molecule has 10 heteroatoms. The number of para-hydroxylation sites is 2. The predicted octanol–water partition coefficient (Wildman–Crippen LogP) is 2.72. The molecule has 0 aromatic heterocycles. The SMILES string of the molecule is CS(=O)(=O)N(CC(=O)NCC1COc2ccccc2O1)c1cc(Cl)cc(Cl)c1. The van der Waals surface area contributed by atoms with Crippen LogP contribution in [0, 0.1) is 0 Å². The lowest BCUT2D eigenvalue weighted by Gasteiger charge is -2.27. The van der Waals surface area contributed by atoms with Gasteiger partial charge in [0, 0.05) is 10.0 Å². The van der Waals surface area contributed by atoms with Crippen LogP contribution < -0.4 is 19.1 Å². The molecule has 0 fully saturated rings. The Morgan fingerprint density at radius 3 is 2.46 bits per heavy atom. The molecule has 0 aliphatic carbocycles. The van der Waals surface area contributed by atoms with E-state index in [-0.39, 0.29) is 35.0 Å². The number of nitrogens with one attached hydrogen (secondary N) is 1. The van der Waals surface area contributed by atoms with Crippen molar-refractivity contribution in [1.82, 2.24) is 5.32 Å². The molecule has 28 heavy (non-hydrogen) atoms. The third-order valence-corrected chi connectivity index (χ3v) is 5.49. The quantitative estimate of drug-likeness (QED) is 0.739. The van der Waals surface area contributed by atoms with E-state index in [2.05, 4.69) is 5.32 Å². The number of sulfonamides is 1. The van der Waals surface area contributed by atoms with Gasteiger partial charge in [-0.3, -0.25) is 9.10 Å². The third kappa shape index (κ3) is 5.21. The lowest BCUT2D eigenvalue weighted by molar-refractivity contribution is -0.120. The summed E-state index contributed by atoms with van der Waals surface area (Å²) in [6.45, 7) is 0.0255. The molecule has 0 radical (unpaired) electrons. The van der Waals surface area contributed by atoms with Crippen molar-refractivity contribution in [2.24, 2.45) is 0 Å². The molecular weight excluding hydrogens is 427 g/mol. The van der Waals surface area contributed by atoms with Gasteiger partial charge in [0.2, 0.25) is 15.9 Å². The Morgan fingerprint density at radius 2 is 1.82 bits per heavy atom. The smallest absolute Gasteiger partial charge is 0.240 e. The zero-order valence-corrected chi connectivity index (χ0v) is 17.2. The van der Waals surface area contributed by atoms with Crippen molar-refractivity contribution in [3.8, 4) is 11.5 Å². The topological polar surface area (TPSA) is 84.9 Å². The number of fused-ring (bicyclic) bond motifs is 1. The second-order valence-corrected chi connectivity index (χ2v) is 8.98. The number of halogens is 2.